The van der Waals surface area contributed by atoms with Gasteiger partial charge in [-0.2, -0.15) is 0 Å². The van der Waals surface area contributed by atoms with E-state index in [9.17, 15) is 8.42 Å². The third kappa shape index (κ3) is 4.81. The second kappa shape index (κ2) is 7.81. The Hall–Kier alpha value is -2.86. The van der Waals surface area contributed by atoms with E-state index in [1.54, 1.807) is 42.5 Å². The molecule has 128 valence electrons. The summed E-state index contributed by atoms with van der Waals surface area (Å²) in [5, 5.41) is 3.29. The highest BCUT2D eigenvalue weighted by molar-refractivity contribution is 7.92. The van der Waals surface area contributed by atoms with Gasteiger partial charge in [0.15, 0.2) is 0 Å². The number of aromatic nitrogens is 1. The molecule has 0 aliphatic rings. The minimum atomic E-state index is -3.63. The van der Waals surface area contributed by atoms with Crippen LogP contribution in [0.25, 0.3) is 0 Å². The van der Waals surface area contributed by atoms with Gasteiger partial charge in [0, 0.05) is 18.4 Å². The molecule has 2 N–H and O–H groups in total. The summed E-state index contributed by atoms with van der Waals surface area (Å²) in [5.74, 6) is 0.299. The quantitative estimate of drug-likeness (QED) is 0.681. The van der Waals surface area contributed by atoms with Gasteiger partial charge in [-0.15, -0.1) is 0 Å². The molecule has 3 rings (SSSR count). The monoisotopic (exact) mass is 353 g/mol. The number of benzene rings is 2. The zero-order chi connectivity index (χ0) is 17.5. The van der Waals surface area contributed by atoms with E-state index >= 15 is 0 Å². The third-order valence-electron chi connectivity index (χ3n) is 3.65. The number of nitrogens with zero attached hydrogens (tertiary/aromatic N) is 1. The molecule has 0 bridgehead atoms. The summed E-state index contributed by atoms with van der Waals surface area (Å²) in [4.78, 5) is 4.17. The second-order valence-electron chi connectivity index (χ2n) is 5.51. The lowest BCUT2D eigenvalue weighted by atomic mass is 10.1. The SMILES string of the molecule is O=S(=O)(Nc1ccccn1)c1ccc(NCCc2ccccc2)cc1. The molecule has 3 aromatic rings. The smallest absolute Gasteiger partial charge is 0.263 e. The molecule has 1 heterocycles. The van der Waals surface area contributed by atoms with Crippen LogP contribution in [-0.4, -0.2) is 19.9 Å². The molecule has 0 fully saturated rings. The van der Waals surface area contributed by atoms with Crippen LogP contribution in [0.2, 0.25) is 0 Å². The summed E-state index contributed by atoms with van der Waals surface area (Å²) >= 11 is 0. The van der Waals surface area contributed by atoms with Gasteiger partial charge in [0.05, 0.1) is 4.90 Å². The molecule has 0 atom stereocenters. The number of pyridine rings is 1. The van der Waals surface area contributed by atoms with Crippen LogP contribution in [0.3, 0.4) is 0 Å². The van der Waals surface area contributed by atoms with E-state index in [2.05, 4.69) is 27.2 Å². The normalized spacial score (nSPS) is 11.0. The van der Waals surface area contributed by atoms with E-state index < -0.39 is 10.0 Å². The third-order valence-corrected chi connectivity index (χ3v) is 5.02. The largest absolute Gasteiger partial charge is 0.385 e. The van der Waals surface area contributed by atoms with Crippen LogP contribution in [0.1, 0.15) is 5.56 Å². The minimum Gasteiger partial charge on any atom is -0.385 e. The first-order valence-corrected chi connectivity index (χ1v) is 9.43. The van der Waals surface area contributed by atoms with Crippen LogP contribution in [0.4, 0.5) is 11.5 Å². The molecule has 0 unspecified atom stereocenters. The summed E-state index contributed by atoms with van der Waals surface area (Å²) < 4.78 is 27.1. The summed E-state index contributed by atoms with van der Waals surface area (Å²) in [6, 6.07) is 21.9. The van der Waals surface area contributed by atoms with Crippen molar-refractivity contribution in [2.24, 2.45) is 0 Å². The molecule has 0 aliphatic carbocycles. The van der Waals surface area contributed by atoms with Gasteiger partial charge in [-0.1, -0.05) is 36.4 Å². The number of nitrogens with one attached hydrogen (secondary N) is 2. The predicted molar refractivity (Wildman–Crippen MR) is 100 cm³/mol. The summed E-state index contributed by atoms with van der Waals surface area (Å²) in [6.07, 6.45) is 2.44. The fraction of sp³-hybridized carbons (Fsp3) is 0.105. The molecule has 6 heteroatoms. The van der Waals surface area contributed by atoms with Crippen molar-refractivity contribution in [1.29, 1.82) is 0 Å². The summed E-state index contributed by atoms with van der Waals surface area (Å²) in [7, 11) is -3.63. The molecule has 25 heavy (non-hydrogen) atoms. The van der Waals surface area contributed by atoms with E-state index in [0.29, 0.717) is 5.82 Å². The van der Waals surface area contributed by atoms with E-state index in [0.717, 1.165) is 18.7 Å². The average molecular weight is 353 g/mol. The van der Waals surface area contributed by atoms with Gasteiger partial charge >= 0.3 is 0 Å². The van der Waals surface area contributed by atoms with Crippen molar-refractivity contribution in [3.63, 3.8) is 0 Å². The van der Waals surface area contributed by atoms with Gasteiger partial charge < -0.3 is 5.32 Å². The van der Waals surface area contributed by atoms with Crippen LogP contribution in [0.5, 0.6) is 0 Å². The lowest BCUT2D eigenvalue weighted by molar-refractivity contribution is 0.601. The molecule has 0 amide bonds. The highest BCUT2D eigenvalue weighted by Gasteiger charge is 2.14. The first-order valence-electron chi connectivity index (χ1n) is 7.95. The Labute approximate surface area is 147 Å². The van der Waals surface area contributed by atoms with Crippen molar-refractivity contribution in [2.45, 2.75) is 11.3 Å². The molecule has 0 saturated carbocycles. The van der Waals surface area contributed by atoms with Crippen molar-refractivity contribution in [1.82, 2.24) is 4.98 Å². The van der Waals surface area contributed by atoms with E-state index in [4.69, 9.17) is 0 Å². The predicted octanol–water partition coefficient (Wildman–Crippen LogP) is 3.54. The Morgan fingerprint density at radius 1 is 0.840 bits per heavy atom. The molecule has 0 spiro atoms. The minimum absolute atomic E-state index is 0.201. The molecule has 0 saturated heterocycles. The van der Waals surface area contributed by atoms with E-state index in [1.807, 2.05) is 18.2 Å². The number of hydrogen-bond donors (Lipinski definition) is 2. The van der Waals surface area contributed by atoms with Crippen LogP contribution in [0, 0.1) is 0 Å². The average Bonchev–Trinajstić information content (AvgIpc) is 2.64. The van der Waals surface area contributed by atoms with Crippen molar-refractivity contribution in [3.8, 4) is 0 Å². The van der Waals surface area contributed by atoms with Crippen molar-refractivity contribution in [3.05, 3.63) is 84.6 Å². The van der Waals surface area contributed by atoms with Gasteiger partial charge in [0.25, 0.3) is 10.0 Å². The van der Waals surface area contributed by atoms with Crippen molar-refractivity contribution >= 4 is 21.5 Å². The number of hydrogen-bond acceptors (Lipinski definition) is 4. The Balaban J connectivity index is 1.59. The molecule has 0 radical (unpaired) electrons. The van der Waals surface area contributed by atoms with Crippen LogP contribution in [-0.2, 0) is 16.4 Å². The van der Waals surface area contributed by atoms with Crippen molar-refractivity contribution < 1.29 is 8.42 Å². The van der Waals surface area contributed by atoms with Gasteiger partial charge in [-0.25, -0.2) is 13.4 Å². The maximum atomic E-state index is 12.3. The molecule has 5 nitrogen and oxygen atoms in total. The molecular weight excluding hydrogens is 334 g/mol. The number of rotatable bonds is 7. The Bertz CT molecular complexity index is 896. The maximum Gasteiger partial charge on any atom is 0.263 e. The Morgan fingerprint density at radius 2 is 1.56 bits per heavy atom. The van der Waals surface area contributed by atoms with E-state index in [1.165, 1.54) is 11.8 Å². The molecule has 0 aliphatic heterocycles. The summed E-state index contributed by atoms with van der Waals surface area (Å²) in [6.45, 7) is 0.780. The lowest BCUT2D eigenvalue weighted by Gasteiger charge is -2.09. The second-order valence-corrected chi connectivity index (χ2v) is 7.19. The molecule has 2 aromatic carbocycles. The van der Waals surface area contributed by atoms with E-state index in [-0.39, 0.29) is 4.90 Å². The highest BCUT2D eigenvalue weighted by atomic mass is 32.2. The van der Waals surface area contributed by atoms with Gasteiger partial charge in [0.1, 0.15) is 5.82 Å². The van der Waals surface area contributed by atoms with Crippen LogP contribution in [0.15, 0.2) is 83.9 Å². The first-order chi connectivity index (χ1) is 12.1. The van der Waals surface area contributed by atoms with Crippen LogP contribution < -0.4 is 10.0 Å². The first kappa shape index (κ1) is 17.0. The fourth-order valence-electron chi connectivity index (χ4n) is 2.37. The molecule has 1 aromatic heterocycles. The fourth-order valence-corrected chi connectivity index (χ4v) is 3.38. The van der Waals surface area contributed by atoms with Gasteiger partial charge in [0.2, 0.25) is 0 Å². The number of anilines is 2. The van der Waals surface area contributed by atoms with Gasteiger partial charge in [-0.05, 0) is 48.4 Å². The topological polar surface area (TPSA) is 71.1 Å². The standard InChI is InChI=1S/C19H19N3O2S/c23-25(24,22-19-8-4-5-14-21-19)18-11-9-17(10-12-18)20-15-13-16-6-2-1-3-7-16/h1-12,14,20H,13,15H2,(H,21,22). The Morgan fingerprint density at radius 3 is 2.24 bits per heavy atom. The zero-order valence-electron chi connectivity index (χ0n) is 13.6. The van der Waals surface area contributed by atoms with Crippen LogP contribution >= 0.6 is 0 Å². The molecular formula is C19H19N3O2S. The lowest BCUT2D eigenvalue weighted by Crippen LogP contribution is -2.13. The Kier molecular flexibility index (Phi) is 5.30. The zero-order valence-corrected chi connectivity index (χ0v) is 14.4. The summed E-state index contributed by atoms with van der Waals surface area (Å²) in [5.41, 5.74) is 2.14. The van der Waals surface area contributed by atoms with Crippen molar-refractivity contribution in [2.75, 3.05) is 16.6 Å². The number of sulfonamides is 1. The maximum absolute atomic E-state index is 12.3. The highest BCUT2D eigenvalue weighted by Crippen LogP contribution is 2.17. The van der Waals surface area contributed by atoms with Gasteiger partial charge in [-0.3, -0.25) is 4.72 Å².